The Morgan fingerprint density at radius 1 is 1.71 bits per heavy atom. The molecule has 1 aromatic heterocycles. The van der Waals surface area contributed by atoms with Crippen LogP contribution in [-0.4, -0.2) is 32.0 Å². The summed E-state index contributed by atoms with van der Waals surface area (Å²) in [6.07, 6.45) is 0.503. The van der Waals surface area contributed by atoms with Gasteiger partial charge in [0.05, 0.1) is 0 Å². The maximum Gasteiger partial charge on any atom is 0.322 e. The van der Waals surface area contributed by atoms with E-state index in [-0.39, 0.29) is 5.69 Å². The molecule has 0 bridgehead atoms. The summed E-state index contributed by atoms with van der Waals surface area (Å²) >= 11 is 0. The molecule has 1 saturated carbocycles. The molecule has 1 N–H and O–H groups in total. The van der Waals surface area contributed by atoms with Crippen LogP contribution in [0, 0.1) is 0 Å². The van der Waals surface area contributed by atoms with Crippen LogP contribution < -0.4 is 0 Å². The van der Waals surface area contributed by atoms with Crippen LogP contribution in [-0.2, 0) is 17.3 Å². The molecule has 0 radical (unpaired) electrons. The second kappa shape index (κ2) is 2.28. The first kappa shape index (κ1) is 9.04. The SMILES string of the molecule is Cn1cc(C2(C(=O)O)CC2(F)F)nn1. The van der Waals surface area contributed by atoms with Gasteiger partial charge in [0.2, 0.25) is 0 Å². The summed E-state index contributed by atoms with van der Waals surface area (Å²) in [5.41, 5.74) is -2.33. The number of alkyl halides is 2. The second-order valence-electron chi connectivity index (χ2n) is 3.37. The molecular formula is C7H7F2N3O2. The summed E-state index contributed by atoms with van der Waals surface area (Å²) < 4.78 is 27.1. The van der Waals surface area contributed by atoms with E-state index < -0.39 is 23.7 Å². The quantitative estimate of drug-likeness (QED) is 0.744. The largest absolute Gasteiger partial charge is 0.480 e. The third-order valence-corrected chi connectivity index (χ3v) is 2.39. The van der Waals surface area contributed by atoms with Gasteiger partial charge in [-0.15, -0.1) is 5.10 Å². The van der Waals surface area contributed by atoms with E-state index in [2.05, 4.69) is 10.3 Å². The fourth-order valence-electron chi connectivity index (χ4n) is 1.45. The van der Waals surface area contributed by atoms with Gasteiger partial charge in [-0.2, -0.15) is 0 Å². The third kappa shape index (κ3) is 0.891. The normalized spacial score (nSPS) is 28.8. The van der Waals surface area contributed by atoms with Gasteiger partial charge in [0.15, 0.2) is 5.41 Å². The molecule has 0 spiro atoms. The Kier molecular flexibility index (Phi) is 1.47. The minimum Gasteiger partial charge on any atom is -0.480 e. The average Bonchev–Trinajstić information content (AvgIpc) is 2.44. The Hall–Kier alpha value is -1.53. The van der Waals surface area contributed by atoms with Gasteiger partial charge in [-0.1, -0.05) is 5.21 Å². The van der Waals surface area contributed by atoms with E-state index in [0.29, 0.717) is 0 Å². The van der Waals surface area contributed by atoms with Crippen molar-refractivity contribution in [1.29, 1.82) is 0 Å². The monoisotopic (exact) mass is 203 g/mol. The van der Waals surface area contributed by atoms with Crippen molar-refractivity contribution in [2.45, 2.75) is 17.8 Å². The third-order valence-electron chi connectivity index (χ3n) is 2.39. The number of halogens is 2. The molecule has 1 heterocycles. The highest BCUT2D eigenvalue weighted by Crippen LogP contribution is 2.61. The predicted octanol–water partition coefficient (Wildman–Crippen LogP) is 0.176. The lowest BCUT2D eigenvalue weighted by atomic mass is 10.0. The molecule has 14 heavy (non-hydrogen) atoms. The first-order valence-corrected chi connectivity index (χ1v) is 3.88. The van der Waals surface area contributed by atoms with Crippen LogP contribution in [0.2, 0.25) is 0 Å². The number of carboxylic acids is 1. The first-order valence-electron chi connectivity index (χ1n) is 3.88. The molecule has 5 nitrogen and oxygen atoms in total. The summed E-state index contributed by atoms with van der Waals surface area (Å²) in [6.45, 7) is 0. The average molecular weight is 203 g/mol. The number of aliphatic carboxylic acids is 1. The zero-order valence-electron chi connectivity index (χ0n) is 7.24. The van der Waals surface area contributed by atoms with Crippen molar-refractivity contribution in [2.24, 2.45) is 7.05 Å². The molecule has 1 atom stereocenters. The van der Waals surface area contributed by atoms with Crippen LogP contribution >= 0.6 is 0 Å². The molecule has 1 fully saturated rings. The van der Waals surface area contributed by atoms with E-state index in [1.54, 1.807) is 0 Å². The molecule has 0 saturated heterocycles. The number of aryl methyl sites for hydroxylation is 1. The summed E-state index contributed by atoms with van der Waals surface area (Å²) in [4.78, 5) is 10.8. The highest BCUT2D eigenvalue weighted by molar-refractivity contribution is 5.86. The van der Waals surface area contributed by atoms with Crippen LogP contribution in [0.1, 0.15) is 12.1 Å². The zero-order valence-corrected chi connectivity index (χ0v) is 7.24. The van der Waals surface area contributed by atoms with Crippen LogP contribution in [0.4, 0.5) is 8.78 Å². The van der Waals surface area contributed by atoms with E-state index >= 15 is 0 Å². The van der Waals surface area contributed by atoms with Gasteiger partial charge >= 0.3 is 5.97 Å². The highest BCUT2D eigenvalue weighted by atomic mass is 19.3. The van der Waals surface area contributed by atoms with E-state index in [0.717, 1.165) is 0 Å². The van der Waals surface area contributed by atoms with Crippen molar-refractivity contribution in [1.82, 2.24) is 15.0 Å². The van der Waals surface area contributed by atoms with Gasteiger partial charge < -0.3 is 5.11 Å². The number of carboxylic acid groups (broad SMARTS) is 1. The lowest BCUT2D eigenvalue weighted by molar-refractivity contribution is -0.143. The van der Waals surface area contributed by atoms with Crippen molar-refractivity contribution < 1.29 is 18.7 Å². The topological polar surface area (TPSA) is 68.0 Å². The Balaban J connectivity index is 2.46. The molecule has 1 unspecified atom stereocenters. The van der Waals surface area contributed by atoms with Gasteiger partial charge in [-0.05, 0) is 0 Å². The summed E-state index contributed by atoms with van der Waals surface area (Å²) in [7, 11) is 1.49. The lowest BCUT2D eigenvalue weighted by Crippen LogP contribution is -2.27. The number of hydrogen-bond acceptors (Lipinski definition) is 3. The molecule has 0 aliphatic heterocycles. The predicted molar refractivity (Wildman–Crippen MR) is 39.9 cm³/mol. The number of carbonyl (C=O) groups is 1. The minimum atomic E-state index is -3.21. The van der Waals surface area contributed by atoms with Gasteiger partial charge in [0, 0.05) is 19.7 Å². The Labute approximate surface area is 77.3 Å². The molecule has 1 aliphatic rings. The van der Waals surface area contributed by atoms with E-state index in [4.69, 9.17) is 5.11 Å². The summed E-state index contributed by atoms with van der Waals surface area (Å²) in [5.74, 6) is -4.77. The molecule has 0 aromatic carbocycles. The van der Waals surface area contributed by atoms with Gasteiger partial charge in [0.1, 0.15) is 5.69 Å². The zero-order chi connectivity index (χ0) is 10.6. The van der Waals surface area contributed by atoms with E-state index in [9.17, 15) is 13.6 Å². The Morgan fingerprint density at radius 2 is 2.29 bits per heavy atom. The maximum atomic E-state index is 12.9. The Bertz CT molecular complexity index is 403. The molecule has 2 rings (SSSR count). The van der Waals surface area contributed by atoms with Gasteiger partial charge in [0.25, 0.3) is 5.92 Å². The number of aromatic nitrogens is 3. The van der Waals surface area contributed by atoms with Crippen LogP contribution in [0.15, 0.2) is 6.20 Å². The number of hydrogen-bond donors (Lipinski definition) is 1. The van der Waals surface area contributed by atoms with Crippen LogP contribution in [0.3, 0.4) is 0 Å². The molecular weight excluding hydrogens is 196 g/mol. The minimum absolute atomic E-state index is 0.183. The number of rotatable bonds is 2. The fourth-order valence-corrected chi connectivity index (χ4v) is 1.45. The second-order valence-corrected chi connectivity index (χ2v) is 3.37. The van der Waals surface area contributed by atoms with Gasteiger partial charge in [-0.3, -0.25) is 9.48 Å². The lowest BCUT2D eigenvalue weighted by Gasteiger charge is -2.05. The first-order chi connectivity index (χ1) is 6.40. The summed E-state index contributed by atoms with van der Waals surface area (Å²) in [6, 6.07) is 0. The maximum absolute atomic E-state index is 12.9. The molecule has 1 aliphatic carbocycles. The molecule has 0 amide bonds. The number of nitrogens with zero attached hydrogens (tertiary/aromatic N) is 3. The smallest absolute Gasteiger partial charge is 0.322 e. The molecule has 1 aromatic rings. The fraction of sp³-hybridized carbons (Fsp3) is 0.571. The molecule has 7 heteroatoms. The van der Waals surface area contributed by atoms with E-state index in [1.807, 2.05) is 0 Å². The standard InChI is InChI=1S/C7H7F2N3O2/c1-12-2-4(10-11-12)6(5(13)14)3-7(6,8)9/h2H,3H2,1H3,(H,13,14). The van der Waals surface area contributed by atoms with Crippen molar-refractivity contribution in [3.63, 3.8) is 0 Å². The highest BCUT2D eigenvalue weighted by Gasteiger charge is 2.79. The van der Waals surface area contributed by atoms with Crippen molar-refractivity contribution in [2.75, 3.05) is 0 Å². The van der Waals surface area contributed by atoms with Crippen molar-refractivity contribution >= 4 is 5.97 Å². The molecule has 76 valence electrons. The Morgan fingerprint density at radius 3 is 2.57 bits per heavy atom. The van der Waals surface area contributed by atoms with Crippen LogP contribution in [0.5, 0.6) is 0 Å². The van der Waals surface area contributed by atoms with Gasteiger partial charge in [-0.25, -0.2) is 8.78 Å². The van der Waals surface area contributed by atoms with Crippen molar-refractivity contribution in [3.05, 3.63) is 11.9 Å². The van der Waals surface area contributed by atoms with Crippen LogP contribution in [0.25, 0.3) is 0 Å². The van der Waals surface area contributed by atoms with E-state index in [1.165, 1.54) is 17.9 Å². The van der Waals surface area contributed by atoms with Crippen molar-refractivity contribution in [3.8, 4) is 0 Å². The summed E-state index contributed by atoms with van der Waals surface area (Å²) in [5, 5.41) is 15.6.